The van der Waals surface area contributed by atoms with E-state index in [0.717, 1.165) is 22.5 Å². The Balaban J connectivity index is 1.54. The van der Waals surface area contributed by atoms with Crippen molar-refractivity contribution in [2.45, 2.75) is 13.8 Å². The second-order valence-corrected chi connectivity index (χ2v) is 6.15. The van der Waals surface area contributed by atoms with E-state index in [1.54, 1.807) is 12.4 Å². The standard InChI is InChI=1S/C22H22N4/c1-17-5-3-7-21(13-17)25-23-15-19-9-11-20(12-10-19)16-24-26-22-8-4-6-18(2)14-22/h3-16,25-26H,1-2H3/b23-15+,24-16+. The third-order valence-corrected chi connectivity index (χ3v) is 3.79. The van der Waals surface area contributed by atoms with Crippen molar-refractivity contribution in [3.8, 4) is 0 Å². The van der Waals surface area contributed by atoms with Crippen molar-refractivity contribution in [3.05, 3.63) is 95.1 Å². The van der Waals surface area contributed by atoms with E-state index < -0.39 is 0 Å². The highest BCUT2D eigenvalue weighted by Gasteiger charge is 1.93. The molecule has 0 aliphatic carbocycles. The van der Waals surface area contributed by atoms with Gasteiger partial charge in [0.15, 0.2) is 0 Å². The van der Waals surface area contributed by atoms with Crippen LogP contribution in [0.2, 0.25) is 0 Å². The van der Waals surface area contributed by atoms with Gasteiger partial charge in [0.1, 0.15) is 0 Å². The van der Waals surface area contributed by atoms with Crippen LogP contribution in [-0.4, -0.2) is 12.4 Å². The summed E-state index contributed by atoms with van der Waals surface area (Å²) in [6.45, 7) is 4.12. The zero-order chi connectivity index (χ0) is 18.2. The number of rotatable bonds is 6. The predicted octanol–water partition coefficient (Wildman–Crippen LogP) is 5.20. The molecule has 26 heavy (non-hydrogen) atoms. The summed E-state index contributed by atoms with van der Waals surface area (Å²) in [5, 5.41) is 8.54. The first-order chi connectivity index (χ1) is 12.7. The van der Waals surface area contributed by atoms with E-state index in [4.69, 9.17) is 0 Å². The molecule has 0 saturated heterocycles. The maximum Gasteiger partial charge on any atom is 0.0564 e. The fourth-order valence-electron chi connectivity index (χ4n) is 2.46. The van der Waals surface area contributed by atoms with Crippen molar-refractivity contribution in [3.63, 3.8) is 0 Å². The van der Waals surface area contributed by atoms with Crippen molar-refractivity contribution in [2.24, 2.45) is 10.2 Å². The normalized spacial score (nSPS) is 11.2. The number of hydrazone groups is 2. The first kappa shape index (κ1) is 17.4. The fourth-order valence-corrected chi connectivity index (χ4v) is 2.46. The summed E-state index contributed by atoms with van der Waals surface area (Å²) >= 11 is 0. The van der Waals surface area contributed by atoms with Crippen LogP contribution < -0.4 is 10.9 Å². The molecule has 0 bridgehead atoms. The van der Waals surface area contributed by atoms with E-state index in [1.807, 2.05) is 48.5 Å². The van der Waals surface area contributed by atoms with Gasteiger partial charge in [-0.25, -0.2) is 0 Å². The van der Waals surface area contributed by atoms with Gasteiger partial charge in [0, 0.05) is 0 Å². The van der Waals surface area contributed by atoms with Gasteiger partial charge >= 0.3 is 0 Å². The zero-order valence-corrected chi connectivity index (χ0v) is 15.0. The third kappa shape index (κ3) is 5.31. The third-order valence-electron chi connectivity index (χ3n) is 3.79. The predicted molar refractivity (Wildman–Crippen MR) is 111 cm³/mol. The van der Waals surface area contributed by atoms with Gasteiger partial charge in [-0.2, -0.15) is 10.2 Å². The van der Waals surface area contributed by atoms with E-state index in [1.165, 1.54) is 11.1 Å². The van der Waals surface area contributed by atoms with Crippen LogP contribution in [0.1, 0.15) is 22.3 Å². The Hall–Kier alpha value is -3.40. The molecule has 0 aliphatic rings. The Morgan fingerprint density at radius 2 is 1.04 bits per heavy atom. The van der Waals surface area contributed by atoms with E-state index in [2.05, 4.69) is 59.2 Å². The topological polar surface area (TPSA) is 48.8 Å². The summed E-state index contributed by atoms with van der Waals surface area (Å²) < 4.78 is 0. The Morgan fingerprint density at radius 1 is 0.615 bits per heavy atom. The highest BCUT2D eigenvalue weighted by molar-refractivity contribution is 5.84. The molecule has 0 amide bonds. The molecule has 0 spiro atoms. The van der Waals surface area contributed by atoms with Crippen LogP contribution in [0.3, 0.4) is 0 Å². The van der Waals surface area contributed by atoms with E-state index >= 15 is 0 Å². The number of hydrogen-bond donors (Lipinski definition) is 2. The van der Waals surface area contributed by atoms with Crippen LogP contribution >= 0.6 is 0 Å². The molecule has 4 heteroatoms. The lowest BCUT2D eigenvalue weighted by Gasteiger charge is -2.02. The van der Waals surface area contributed by atoms with E-state index in [-0.39, 0.29) is 0 Å². The fraction of sp³-hybridized carbons (Fsp3) is 0.0909. The van der Waals surface area contributed by atoms with Crippen LogP contribution in [0.4, 0.5) is 11.4 Å². The molecule has 0 saturated carbocycles. The maximum atomic E-state index is 4.27. The van der Waals surface area contributed by atoms with Crippen molar-refractivity contribution in [1.82, 2.24) is 0 Å². The molecule has 0 radical (unpaired) electrons. The number of benzene rings is 3. The van der Waals surface area contributed by atoms with Crippen LogP contribution in [0.25, 0.3) is 0 Å². The molecule has 2 N–H and O–H groups in total. The molecular formula is C22H22N4. The molecule has 0 unspecified atom stereocenters. The second kappa shape index (κ2) is 8.62. The molecule has 0 fully saturated rings. The van der Waals surface area contributed by atoms with E-state index in [9.17, 15) is 0 Å². The smallest absolute Gasteiger partial charge is 0.0564 e. The SMILES string of the molecule is Cc1cccc(N/N=C/c2ccc(/C=N/Nc3cccc(C)c3)cc2)c1. The van der Waals surface area contributed by atoms with Crippen molar-refractivity contribution in [1.29, 1.82) is 0 Å². The molecule has 3 aromatic rings. The molecule has 0 aromatic heterocycles. The maximum absolute atomic E-state index is 4.27. The lowest BCUT2D eigenvalue weighted by Crippen LogP contribution is -1.93. The molecule has 130 valence electrons. The first-order valence-corrected chi connectivity index (χ1v) is 8.51. The van der Waals surface area contributed by atoms with Gasteiger partial charge in [0.05, 0.1) is 23.8 Å². The highest BCUT2D eigenvalue weighted by atomic mass is 15.3. The highest BCUT2D eigenvalue weighted by Crippen LogP contribution is 2.10. The number of aryl methyl sites for hydroxylation is 2. The largest absolute Gasteiger partial charge is 0.278 e. The first-order valence-electron chi connectivity index (χ1n) is 8.51. The quantitative estimate of drug-likeness (QED) is 0.478. The molecular weight excluding hydrogens is 320 g/mol. The van der Waals surface area contributed by atoms with Crippen LogP contribution in [0, 0.1) is 13.8 Å². The van der Waals surface area contributed by atoms with Crippen molar-refractivity contribution < 1.29 is 0 Å². The number of hydrogen-bond acceptors (Lipinski definition) is 4. The minimum Gasteiger partial charge on any atom is -0.278 e. The zero-order valence-electron chi connectivity index (χ0n) is 15.0. The molecule has 0 aliphatic heterocycles. The van der Waals surface area contributed by atoms with Gasteiger partial charge in [-0.3, -0.25) is 10.9 Å². The Kier molecular flexibility index (Phi) is 5.78. The lowest BCUT2D eigenvalue weighted by atomic mass is 10.2. The summed E-state index contributed by atoms with van der Waals surface area (Å²) in [5.74, 6) is 0. The number of anilines is 2. The lowest BCUT2D eigenvalue weighted by molar-refractivity contribution is 1.33. The molecule has 0 heterocycles. The van der Waals surface area contributed by atoms with Gasteiger partial charge in [0.25, 0.3) is 0 Å². The van der Waals surface area contributed by atoms with Crippen LogP contribution in [0.5, 0.6) is 0 Å². The number of nitrogens with zero attached hydrogens (tertiary/aromatic N) is 2. The summed E-state index contributed by atoms with van der Waals surface area (Å²) in [5.41, 5.74) is 12.5. The van der Waals surface area contributed by atoms with Gasteiger partial charge in [-0.1, -0.05) is 48.5 Å². The van der Waals surface area contributed by atoms with Gasteiger partial charge in [-0.15, -0.1) is 0 Å². The van der Waals surface area contributed by atoms with Crippen LogP contribution in [0.15, 0.2) is 83.0 Å². The Morgan fingerprint density at radius 3 is 1.42 bits per heavy atom. The molecule has 3 aromatic carbocycles. The summed E-state index contributed by atoms with van der Waals surface area (Å²) in [7, 11) is 0. The second-order valence-electron chi connectivity index (χ2n) is 6.15. The number of nitrogens with one attached hydrogen (secondary N) is 2. The average Bonchev–Trinajstić information content (AvgIpc) is 2.63. The van der Waals surface area contributed by atoms with Crippen LogP contribution in [-0.2, 0) is 0 Å². The minimum atomic E-state index is 0.979. The molecule has 3 rings (SSSR count). The Labute approximate surface area is 154 Å². The molecule has 0 atom stereocenters. The minimum absolute atomic E-state index is 0.979. The summed E-state index contributed by atoms with van der Waals surface area (Å²) in [6.07, 6.45) is 3.60. The van der Waals surface area contributed by atoms with E-state index in [0.29, 0.717) is 0 Å². The van der Waals surface area contributed by atoms with Gasteiger partial charge in [0.2, 0.25) is 0 Å². The molecule has 4 nitrogen and oxygen atoms in total. The van der Waals surface area contributed by atoms with Gasteiger partial charge in [-0.05, 0) is 60.4 Å². The monoisotopic (exact) mass is 342 g/mol. The Bertz CT molecular complexity index is 835. The van der Waals surface area contributed by atoms with Crippen molar-refractivity contribution in [2.75, 3.05) is 10.9 Å². The average molecular weight is 342 g/mol. The summed E-state index contributed by atoms with van der Waals surface area (Å²) in [6, 6.07) is 24.3. The van der Waals surface area contributed by atoms with Crippen molar-refractivity contribution >= 4 is 23.8 Å². The van der Waals surface area contributed by atoms with Gasteiger partial charge < -0.3 is 0 Å². The summed E-state index contributed by atoms with van der Waals surface area (Å²) in [4.78, 5) is 0.